The normalized spacial score (nSPS) is 11.6. The van der Waals surface area contributed by atoms with E-state index >= 15 is 0 Å². The second-order valence-electron chi connectivity index (χ2n) is 5.55. The molecule has 0 spiro atoms. The summed E-state index contributed by atoms with van der Waals surface area (Å²) in [6.45, 7) is 1.70. The molecule has 1 unspecified atom stereocenters. The van der Waals surface area contributed by atoms with Crippen LogP contribution in [0.15, 0.2) is 65.2 Å². The molecule has 0 fully saturated rings. The molecule has 0 radical (unpaired) electrons. The first-order valence-corrected chi connectivity index (χ1v) is 7.82. The fourth-order valence-electron chi connectivity index (χ4n) is 2.29. The third kappa shape index (κ3) is 4.07. The summed E-state index contributed by atoms with van der Waals surface area (Å²) in [5.74, 6) is -0.450. The van der Waals surface area contributed by atoms with Gasteiger partial charge in [0.2, 0.25) is 6.10 Å². The number of anilines is 1. The lowest BCUT2D eigenvalue weighted by Gasteiger charge is -2.17. The number of carbonyl (C=O) groups excluding carboxylic acids is 2. The average Bonchev–Trinajstić information content (AvgIpc) is 3.05. The van der Waals surface area contributed by atoms with Gasteiger partial charge in [-0.05, 0) is 31.2 Å². The number of aromatic nitrogens is 1. The van der Waals surface area contributed by atoms with Gasteiger partial charge in [0.1, 0.15) is 11.5 Å². The van der Waals surface area contributed by atoms with E-state index < -0.39 is 18.0 Å². The van der Waals surface area contributed by atoms with Crippen LogP contribution in [0.5, 0.6) is 5.75 Å². The quantitative estimate of drug-likeness (QED) is 0.684. The summed E-state index contributed by atoms with van der Waals surface area (Å²) in [5, 5.41) is 15.6. The minimum Gasteiger partial charge on any atom is -0.508 e. The van der Waals surface area contributed by atoms with Gasteiger partial charge in [-0.25, -0.2) is 4.79 Å². The maximum Gasteiger partial charge on any atom is 0.339 e. The van der Waals surface area contributed by atoms with E-state index in [0.717, 1.165) is 0 Å². The monoisotopic (exact) mass is 352 g/mol. The Morgan fingerprint density at radius 1 is 1.12 bits per heavy atom. The number of aryl methyl sites for hydroxylation is 1. The van der Waals surface area contributed by atoms with Gasteiger partial charge in [0.25, 0.3) is 5.91 Å². The SMILES string of the molecule is Cc1cc(NC(=O)C(OC(=O)c2ccc(O)cc2)c2ccccc2)no1. The highest BCUT2D eigenvalue weighted by Gasteiger charge is 2.26. The Bertz CT molecular complexity index is 903. The van der Waals surface area contributed by atoms with E-state index in [1.165, 1.54) is 24.3 Å². The van der Waals surface area contributed by atoms with Crippen LogP contribution >= 0.6 is 0 Å². The van der Waals surface area contributed by atoms with Crippen LogP contribution in [0.4, 0.5) is 5.82 Å². The number of phenolic OH excluding ortho intramolecular Hbond substituents is 1. The smallest absolute Gasteiger partial charge is 0.339 e. The Morgan fingerprint density at radius 3 is 2.42 bits per heavy atom. The van der Waals surface area contributed by atoms with E-state index in [2.05, 4.69) is 10.5 Å². The van der Waals surface area contributed by atoms with Gasteiger partial charge in [-0.3, -0.25) is 4.79 Å². The van der Waals surface area contributed by atoms with Gasteiger partial charge in [-0.2, -0.15) is 0 Å². The first-order valence-electron chi connectivity index (χ1n) is 7.82. The van der Waals surface area contributed by atoms with E-state index in [0.29, 0.717) is 11.3 Å². The van der Waals surface area contributed by atoms with Gasteiger partial charge in [-0.15, -0.1) is 0 Å². The van der Waals surface area contributed by atoms with Gasteiger partial charge in [0.05, 0.1) is 5.56 Å². The molecule has 0 aliphatic carbocycles. The van der Waals surface area contributed by atoms with Crippen molar-refractivity contribution >= 4 is 17.7 Å². The van der Waals surface area contributed by atoms with Crippen LogP contribution in [-0.4, -0.2) is 22.1 Å². The molecule has 0 aliphatic rings. The van der Waals surface area contributed by atoms with E-state index in [-0.39, 0.29) is 17.1 Å². The van der Waals surface area contributed by atoms with Crippen LogP contribution in [0.25, 0.3) is 0 Å². The van der Waals surface area contributed by atoms with E-state index in [4.69, 9.17) is 9.26 Å². The lowest BCUT2D eigenvalue weighted by Crippen LogP contribution is -2.26. The standard InChI is InChI=1S/C19H16N2O5/c1-12-11-16(21-26-12)20-18(23)17(13-5-3-2-4-6-13)25-19(24)14-7-9-15(22)10-8-14/h2-11,17,22H,1H3,(H,20,21,23). The van der Waals surface area contributed by atoms with Crippen molar-refractivity contribution in [3.63, 3.8) is 0 Å². The molecular formula is C19H16N2O5. The molecule has 26 heavy (non-hydrogen) atoms. The largest absolute Gasteiger partial charge is 0.508 e. The third-order valence-corrected chi connectivity index (χ3v) is 3.55. The van der Waals surface area contributed by atoms with Gasteiger partial charge in [-0.1, -0.05) is 35.5 Å². The van der Waals surface area contributed by atoms with Gasteiger partial charge in [0.15, 0.2) is 5.82 Å². The van der Waals surface area contributed by atoms with Crippen molar-refractivity contribution < 1.29 is 24.0 Å². The Hall–Kier alpha value is -3.61. The zero-order valence-corrected chi connectivity index (χ0v) is 13.9. The molecule has 0 bridgehead atoms. The number of hydrogen-bond donors (Lipinski definition) is 2. The summed E-state index contributed by atoms with van der Waals surface area (Å²) in [7, 11) is 0. The van der Waals surface area contributed by atoms with Crippen LogP contribution in [0.1, 0.15) is 27.8 Å². The van der Waals surface area contributed by atoms with Crippen molar-refractivity contribution in [2.24, 2.45) is 0 Å². The number of esters is 1. The van der Waals surface area contributed by atoms with Crippen molar-refractivity contribution in [2.45, 2.75) is 13.0 Å². The fraction of sp³-hybridized carbons (Fsp3) is 0.105. The van der Waals surface area contributed by atoms with Crippen molar-refractivity contribution in [1.82, 2.24) is 5.16 Å². The molecule has 1 atom stereocenters. The van der Waals surface area contributed by atoms with Crippen molar-refractivity contribution in [3.8, 4) is 5.75 Å². The molecule has 2 aromatic carbocycles. The van der Waals surface area contributed by atoms with E-state index in [1.54, 1.807) is 43.3 Å². The average molecular weight is 352 g/mol. The van der Waals surface area contributed by atoms with Gasteiger partial charge < -0.3 is 19.7 Å². The molecule has 0 aliphatic heterocycles. The van der Waals surface area contributed by atoms with Gasteiger partial charge >= 0.3 is 5.97 Å². The Kier molecular flexibility index (Phi) is 4.98. The number of carbonyl (C=O) groups is 2. The van der Waals surface area contributed by atoms with E-state index in [1.807, 2.05) is 0 Å². The Balaban J connectivity index is 1.82. The molecule has 1 aromatic heterocycles. The molecule has 3 aromatic rings. The molecule has 132 valence electrons. The predicted molar refractivity (Wildman–Crippen MR) is 92.6 cm³/mol. The number of phenols is 1. The number of aromatic hydroxyl groups is 1. The molecule has 0 saturated heterocycles. The number of rotatable bonds is 5. The summed E-state index contributed by atoms with van der Waals surface area (Å²) in [5.41, 5.74) is 0.728. The molecule has 2 N–H and O–H groups in total. The van der Waals surface area contributed by atoms with Gasteiger partial charge in [0, 0.05) is 11.6 Å². The second kappa shape index (κ2) is 7.52. The highest BCUT2D eigenvalue weighted by Crippen LogP contribution is 2.22. The van der Waals surface area contributed by atoms with Crippen LogP contribution in [0.3, 0.4) is 0 Å². The topological polar surface area (TPSA) is 102 Å². The molecule has 7 nitrogen and oxygen atoms in total. The number of ether oxygens (including phenoxy) is 1. The molecule has 1 heterocycles. The predicted octanol–water partition coefficient (Wildman–Crippen LogP) is 3.23. The van der Waals surface area contributed by atoms with Crippen LogP contribution in [0, 0.1) is 6.92 Å². The van der Waals surface area contributed by atoms with Crippen LogP contribution in [-0.2, 0) is 9.53 Å². The summed E-state index contributed by atoms with van der Waals surface area (Å²) in [4.78, 5) is 25.0. The van der Waals surface area contributed by atoms with Crippen molar-refractivity contribution in [2.75, 3.05) is 5.32 Å². The maximum atomic E-state index is 12.6. The number of amides is 1. The zero-order valence-electron chi connectivity index (χ0n) is 13.9. The fourth-order valence-corrected chi connectivity index (χ4v) is 2.29. The number of nitrogens with zero attached hydrogens (tertiary/aromatic N) is 1. The lowest BCUT2D eigenvalue weighted by molar-refractivity contribution is -0.125. The molecule has 1 amide bonds. The molecule has 0 saturated carbocycles. The Morgan fingerprint density at radius 2 is 1.81 bits per heavy atom. The second-order valence-corrected chi connectivity index (χ2v) is 5.55. The van der Waals surface area contributed by atoms with Crippen molar-refractivity contribution in [1.29, 1.82) is 0 Å². The van der Waals surface area contributed by atoms with E-state index in [9.17, 15) is 14.7 Å². The first kappa shape index (κ1) is 17.2. The number of hydrogen-bond acceptors (Lipinski definition) is 6. The molecule has 3 rings (SSSR count). The summed E-state index contributed by atoms with van der Waals surface area (Å²) in [6, 6.07) is 15.8. The highest BCUT2D eigenvalue weighted by atomic mass is 16.5. The highest BCUT2D eigenvalue weighted by molar-refractivity contribution is 5.97. The molecule has 7 heteroatoms. The number of nitrogens with one attached hydrogen (secondary N) is 1. The third-order valence-electron chi connectivity index (χ3n) is 3.55. The number of benzene rings is 2. The summed E-state index contributed by atoms with van der Waals surface area (Å²) >= 11 is 0. The Labute approximate surface area is 149 Å². The van der Waals surface area contributed by atoms with Crippen molar-refractivity contribution in [3.05, 3.63) is 77.6 Å². The lowest BCUT2D eigenvalue weighted by atomic mass is 10.1. The minimum absolute atomic E-state index is 0.0281. The molecular weight excluding hydrogens is 336 g/mol. The first-order chi connectivity index (χ1) is 12.5. The zero-order chi connectivity index (χ0) is 18.5. The van der Waals surface area contributed by atoms with Crippen LogP contribution < -0.4 is 5.32 Å². The maximum absolute atomic E-state index is 12.6. The summed E-state index contributed by atoms with van der Waals surface area (Å²) in [6.07, 6.45) is -1.17. The summed E-state index contributed by atoms with van der Waals surface area (Å²) < 4.78 is 10.3. The van der Waals surface area contributed by atoms with Crippen LogP contribution in [0.2, 0.25) is 0 Å². The minimum atomic E-state index is -1.17.